The Morgan fingerprint density at radius 1 is 1.19 bits per heavy atom. The van der Waals surface area contributed by atoms with Crippen LogP contribution in [0.5, 0.6) is 0 Å². The third-order valence-electron chi connectivity index (χ3n) is 8.36. The summed E-state index contributed by atoms with van der Waals surface area (Å²) >= 11 is 0. The van der Waals surface area contributed by atoms with Crippen molar-refractivity contribution in [3.63, 3.8) is 0 Å². The quantitative estimate of drug-likeness (QED) is 0.792. The molecule has 0 unspecified atom stereocenters. The molecule has 32 heavy (non-hydrogen) atoms. The molecule has 1 aromatic heterocycles. The number of ether oxygens (including phenoxy) is 1. The molecule has 6 nitrogen and oxygen atoms in total. The van der Waals surface area contributed by atoms with Gasteiger partial charge in [-0.15, -0.1) is 0 Å². The number of rotatable bonds is 4. The van der Waals surface area contributed by atoms with Crippen LogP contribution in [0.1, 0.15) is 31.7 Å². The van der Waals surface area contributed by atoms with Crippen molar-refractivity contribution in [2.24, 2.45) is 11.3 Å². The number of benzene rings is 1. The Balaban J connectivity index is 1.18. The lowest BCUT2D eigenvalue weighted by molar-refractivity contribution is -0.117. The van der Waals surface area contributed by atoms with Crippen molar-refractivity contribution < 1.29 is 13.9 Å². The highest BCUT2D eigenvalue weighted by Crippen LogP contribution is 2.70. The van der Waals surface area contributed by atoms with Crippen molar-refractivity contribution in [3.05, 3.63) is 30.0 Å². The number of anilines is 2. The number of carbonyl (C=O) groups is 1. The minimum absolute atomic E-state index is 0.119. The van der Waals surface area contributed by atoms with Gasteiger partial charge in [0.25, 0.3) is 0 Å². The average Bonchev–Trinajstić information content (AvgIpc) is 3.70. The summed E-state index contributed by atoms with van der Waals surface area (Å²) in [5, 5.41) is 5.18. The number of nitrogens with one attached hydrogen (secondary N) is 1. The smallest absolute Gasteiger partial charge is 0.229 e. The summed E-state index contributed by atoms with van der Waals surface area (Å²) in [6.07, 6.45) is 4.36. The number of alkyl halides is 1. The summed E-state index contributed by atoms with van der Waals surface area (Å²) in [6, 6.07) is 6.36. The number of hydrogen-bond acceptors (Lipinski definition) is 5. The van der Waals surface area contributed by atoms with E-state index in [1.54, 1.807) is 0 Å². The lowest BCUT2D eigenvalue weighted by Crippen LogP contribution is -2.59. The fraction of sp³-hybridized carbons (Fsp3) is 0.600. The second kappa shape index (κ2) is 7.12. The predicted molar refractivity (Wildman–Crippen MR) is 123 cm³/mol. The predicted octanol–water partition coefficient (Wildman–Crippen LogP) is 3.53. The van der Waals surface area contributed by atoms with E-state index in [0.29, 0.717) is 17.8 Å². The second-order valence-electron chi connectivity index (χ2n) is 10.5. The lowest BCUT2D eigenvalue weighted by atomic mass is 9.96. The van der Waals surface area contributed by atoms with Gasteiger partial charge in [-0.2, -0.15) is 0 Å². The third kappa shape index (κ3) is 3.28. The molecule has 1 N–H and O–H groups in total. The Bertz CT molecular complexity index is 1080. The van der Waals surface area contributed by atoms with E-state index in [0.717, 1.165) is 43.4 Å². The zero-order valence-electron chi connectivity index (χ0n) is 18.9. The number of hydrogen-bond donors (Lipinski definition) is 1. The molecule has 3 atom stereocenters. The van der Waals surface area contributed by atoms with Crippen molar-refractivity contribution in [1.29, 1.82) is 0 Å². The van der Waals surface area contributed by atoms with Gasteiger partial charge in [0.15, 0.2) is 0 Å². The van der Waals surface area contributed by atoms with Crippen LogP contribution < -0.4 is 10.2 Å². The largest absolute Gasteiger partial charge is 0.376 e. The molecule has 2 aliphatic carbocycles. The first-order chi connectivity index (χ1) is 15.4. The highest BCUT2D eigenvalue weighted by molar-refractivity contribution is 5.97. The van der Waals surface area contributed by atoms with E-state index in [-0.39, 0.29) is 18.4 Å². The van der Waals surface area contributed by atoms with E-state index in [1.165, 1.54) is 24.1 Å². The molecule has 4 aliphatic rings. The van der Waals surface area contributed by atoms with E-state index in [9.17, 15) is 9.18 Å². The van der Waals surface area contributed by atoms with E-state index in [4.69, 9.17) is 4.74 Å². The standard InChI is InChI=1S/C25H31FN4O2/c1-16-9-18-13-27-22(28-23(31)19-12-25(19)3-4-25)11-17(18)10-20(16)29-5-7-30(8-6-29)24(2)15-32-14-21(24)26/h9-11,13,19,21H,3-8,12,14-15H2,1-2H3,(H,27,28,31)/t19-,21-,24+/m0/s1. The number of amides is 1. The Morgan fingerprint density at radius 3 is 2.62 bits per heavy atom. The Kier molecular flexibility index (Phi) is 4.53. The molecule has 1 spiro atoms. The van der Waals surface area contributed by atoms with Gasteiger partial charge in [-0.25, -0.2) is 9.37 Å². The number of piperazine rings is 1. The van der Waals surface area contributed by atoms with E-state index in [2.05, 4.69) is 39.2 Å². The fourth-order valence-electron chi connectivity index (χ4n) is 5.74. The summed E-state index contributed by atoms with van der Waals surface area (Å²) in [5.74, 6) is 0.933. The number of aryl methyl sites for hydroxylation is 1. The molecule has 7 heteroatoms. The molecule has 2 aliphatic heterocycles. The van der Waals surface area contributed by atoms with Crippen LogP contribution in [0.3, 0.4) is 0 Å². The number of pyridine rings is 1. The molecule has 1 amide bonds. The van der Waals surface area contributed by atoms with Gasteiger partial charge in [-0.3, -0.25) is 9.69 Å². The molecule has 2 saturated carbocycles. The molecule has 3 heterocycles. The van der Waals surface area contributed by atoms with Gasteiger partial charge in [-0.1, -0.05) is 0 Å². The lowest BCUT2D eigenvalue weighted by Gasteiger charge is -2.45. The van der Waals surface area contributed by atoms with Crippen LogP contribution in [-0.2, 0) is 9.53 Å². The van der Waals surface area contributed by atoms with Crippen LogP contribution in [-0.4, -0.2) is 66.9 Å². The molecule has 6 rings (SSSR count). The van der Waals surface area contributed by atoms with Gasteiger partial charge in [0.2, 0.25) is 5.91 Å². The molecule has 4 fully saturated rings. The first-order valence-electron chi connectivity index (χ1n) is 11.8. The van der Waals surface area contributed by atoms with Gasteiger partial charge < -0.3 is 15.0 Å². The second-order valence-corrected chi connectivity index (χ2v) is 10.5. The topological polar surface area (TPSA) is 57.7 Å². The molecule has 2 aromatic rings. The van der Waals surface area contributed by atoms with Gasteiger partial charge in [0.05, 0.1) is 18.8 Å². The van der Waals surface area contributed by atoms with Crippen LogP contribution >= 0.6 is 0 Å². The monoisotopic (exact) mass is 438 g/mol. The van der Waals surface area contributed by atoms with Crippen molar-refractivity contribution in [1.82, 2.24) is 9.88 Å². The minimum Gasteiger partial charge on any atom is -0.376 e. The van der Waals surface area contributed by atoms with Crippen LogP contribution in [0.2, 0.25) is 0 Å². The third-order valence-corrected chi connectivity index (χ3v) is 8.36. The van der Waals surface area contributed by atoms with Gasteiger partial charge >= 0.3 is 0 Å². The van der Waals surface area contributed by atoms with E-state index in [1.807, 2.05) is 19.2 Å². The maximum absolute atomic E-state index is 14.4. The zero-order chi connectivity index (χ0) is 22.1. The number of carbonyl (C=O) groups excluding carboxylic acids is 1. The summed E-state index contributed by atoms with van der Waals surface area (Å²) in [4.78, 5) is 21.6. The number of halogens is 1. The molecule has 2 saturated heterocycles. The average molecular weight is 439 g/mol. The summed E-state index contributed by atoms with van der Waals surface area (Å²) in [5.41, 5.74) is 2.24. The first-order valence-corrected chi connectivity index (χ1v) is 11.8. The summed E-state index contributed by atoms with van der Waals surface area (Å²) in [6.45, 7) is 8.12. The molecule has 0 bridgehead atoms. The molecule has 1 aromatic carbocycles. The van der Waals surface area contributed by atoms with Gasteiger partial charge in [0, 0.05) is 49.4 Å². The number of fused-ring (bicyclic) bond motifs is 1. The van der Waals surface area contributed by atoms with Crippen molar-refractivity contribution in [3.8, 4) is 0 Å². The highest BCUT2D eigenvalue weighted by Gasteiger charge is 2.65. The summed E-state index contributed by atoms with van der Waals surface area (Å²) in [7, 11) is 0. The van der Waals surface area contributed by atoms with Crippen LogP contribution in [0.25, 0.3) is 10.8 Å². The summed E-state index contributed by atoms with van der Waals surface area (Å²) < 4.78 is 19.8. The highest BCUT2D eigenvalue weighted by atomic mass is 19.1. The Morgan fingerprint density at radius 2 is 1.97 bits per heavy atom. The minimum atomic E-state index is -0.928. The van der Waals surface area contributed by atoms with Gasteiger partial charge in [0.1, 0.15) is 12.0 Å². The van der Waals surface area contributed by atoms with E-state index < -0.39 is 11.7 Å². The maximum atomic E-state index is 14.4. The SMILES string of the molecule is Cc1cc2cnc(NC(=O)[C@@H]3CC34CC4)cc2cc1N1CCN([C@]2(C)COC[C@@H]2F)CC1. The zero-order valence-corrected chi connectivity index (χ0v) is 18.9. The first kappa shape index (κ1) is 20.4. The molecule has 0 radical (unpaired) electrons. The molecular formula is C25H31FN4O2. The van der Waals surface area contributed by atoms with Crippen molar-refractivity contribution >= 4 is 28.2 Å². The Labute approximate surface area is 188 Å². The van der Waals surface area contributed by atoms with Crippen LogP contribution in [0.15, 0.2) is 24.4 Å². The van der Waals surface area contributed by atoms with Crippen LogP contribution in [0.4, 0.5) is 15.9 Å². The normalized spacial score (nSPS) is 31.3. The molecule has 170 valence electrons. The van der Waals surface area contributed by atoms with Gasteiger partial charge in [-0.05, 0) is 67.7 Å². The van der Waals surface area contributed by atoms with E-state index >= 15 is 0 Å². The fourth-order valence-corrected chi connectivity index (χ4v) is 5.74. The van der Waals surface area contributed by atoms with Crippen molar-refractivity contribution in [2.45, 2.75) is 44.8 Å². The maximum Gasteiger partial charge on any atom is 0.229 e. The molecular weight excluding hydrogens is 407 g/mol. The van der Waals surface area contributed by atoms with Crippen molar-refractivity contribution in [2.75, 3.05) is 49.6 Å². The van der Waals surface area contributed by atoms with Crippen LogP contribution in [0, 0.1) is 18.3 Å². The Hall–Kier alpha value is -2.25. The number of aromatic nitrogens is 1. The number of nitrogens with zero attached hydrogens (tertiary/aromatic N) is 3.